The zero-order valence-electron chi connectivity index (χ0n) is 25.8. The van der Waals surface area contributed by atoms with Crippen molar-refractivity contribution in [2.24, 2.45) is 0 Å². The molecule has 1 aliphatic carbocycles. The number of ether oxygens (including phenoxy) is 1. The Kier molecular flexibility index (Phi) is 9.57. The molecule has 2 aliphatic rings. The lowest BCUT2D eigenvalue weighted by atomic mass is 9.94. The number of amides is 1. The van der Waals surface area contributed by atoms with E-state index in [9.17, 15) is 14.7 Å². The minimum absolute atomic E-state index is 0. The van der Waals surface area contributed by atoms with Crippen LogP contribution in [0.3, 0.4) is 0 Å². The molecule has 1 saturated carbocycles. The van der Waals surface area contributed by atoms with Crippen molar-refractivity contribution in [3.63, 3.8) is 0 Å². The number of rotatable bonds is 8. The summed E-state index contributed by atoms with van der Waals surface area (Å²) in [7, 11) is 0. The molecule has 5 aromatic rings. The number of nitrogens with zero attached hydrogens (tertiary/aromatic N) is 2. The summed E-state index contributed by atoms with van der Waals surface area (Å²) in [6, 6.07) is 25.7. The first-order valence-corrected chi connectivity index (χ1v) is 16.2. The molecule has 0 spiro atoms. The highest BCUT2D eigenvalue weighted by atomic mass is 35.5. The highest BCUT2D eigenvalue weighted by molar-refractivity contribution is 6.30. The molecule has 1 aromatic heterocycles. The van der Waals surface area contributed by atoms with Gasteiger partial charge >= 0.3 is 5.97 Å². The number of anilines is 1. The smallest absolute Gasteiger partial charge is 0.335 e. The molecule has 0 atom stereocenters. The molecule has 6 nitrogen and oxygen atoms in total. The summed E-state index contributed by atoms with van der Waals surface area (Å²) in [6.45, 7) is 0.855. The van der Waals surface area contributed by atoms with Crippen LogP contribution >= 0.6 is 24.0 Å². The number of hydrogen-bond donors (Lipinski definition) is 1. The third kappa shape index (κ3) is 6.60. The van der Waals surface area contributed by atoms with Crippen LogP contribution in [-0.2, 0) is 11.4 Å². The summed E-state index contributed by atoms with van der Waals surface area (Å²) in [4.78, 5) is 26.0. The topological polar surface area (TPSA) is 71.8 Å². The Hall–Kier alpha value is -4.33. The summed E-state index contributed by atoms with van der Waals surface area (Å²) in [5.41, 5.74) is 5.91. The first-order valence-electron chi connectivity index (χ1n) is 15.9. The molecule has 4 aromatic carbocycles. The number of fused-ring (bicyclic) bond motifs is 1. The number of carbonyl (C=O) groups excluding carboxylic acids is 1. The number of benzene rings is 4. The van der Waals surface area contributed by atoms with Gasteiger partial charge in [0.15, 0.2) is 0 Å². The van der Waals surface area contributed by atoms with Gasteiger partial charge in [0.2, 0.25) is 5.91 Å². The molecular weight excluding hydrogens is 638 g/mol. The number of carbonyl (C=O) groups is 2. The average molecular weight is 674 g/mol. The van der Waals surface area contributed by atoms with Crippen molar-refractivity contribution in [2.75, 3.05) is 11.4 Å². The Labute approximate surface area is 284 Å². The average Bonchev–Trinajstić information content (AvgIpc) is 3.67. The molecule has 9 heteroatoms. The fraction of sp³-hybridized carbons (Fsp3) is 0.263. The van der Waals surface area contributed by atoms with E-state index in [1.807, 2.05) is 54.6 Å². The molecule has 2 fully saturated rings. The van der Waals surface area contributed by atoms with Gasteiger partial charge in [0.05, 0.1) is 11.3 Å². The van der Waals surface area contributed by atoms with Crippen molar-refractivity contribution in [2.45, 2.75) is 57.6 Å². The van der Waals surface area contributed by atoms with E-state index in [1.165, 1.54) is 12.5 Å². The number of carboxylic acids is 1. The molecular formula is C38H35Cl2FN2O4. The third-order valence-corrected chi connectivity index (χ3v) is 9.52. The molecule has 2 heterocycles. The van der Waals surface area contributed by atoms with Gasteiger partial charge < -0.3 is 19.3 Å². The summed E-state index contributed by atoms with van der Waals surface area (Å²) in [5, 5.41) is 11.0. The van der Waals surface area contributed by atoms with Crippen molar-refractivity contribution in [1.29, 1.82) is 0 Å². The Morgan fingerprint density at radius 3 is 2.36 bits per heavy atom. The van der Waals surface area contributed by atoms with Crippen LogP contribution in [0.1, 0.15) is 66.9 Å². The first kappa shape index (κ1) is 32.6. The lowest BCUT2D eigenvalue weighted by Crippen LogP contribution is -2.23. The second kappa shape index (κ2) is 13.8. The van der Waals surface area contributed by atoms with Crippen LogP contribution in [0, 0.1) is 5.82 Å². The van der Waals surface area contributed by atoms with E-state index in [4.69, 9.17) is 16.3 Å². The minimum atomic E-state index is -0.988. The summed E-state index contributed by atoms with van der Waals surface area (Å²) in [5.74, 6) is -0.906. The zero-order valence-corrected chi connectivity index (χ0v) is 27.3. The second-order valence-electron chi connectivity index (χ2n) is 12.2. The number of halogens is 3. The largest absolute Gasteiger partial charge is 0.489 e. The monoisotopic (exact) mass is 672 g/mol. The SMILES string of the molecule is Cl.O=C(O)c1ccc2c(c1)cc(-c1ccc(OCc3cc(N4CCCC4=O)ccc3-c3ccc(Cl)cc3)cc1F)n2C1CCCCC1. The molecule has 242 valence electrons. The third-order valence-electron chi connectivity index (χ3n) is 9.27. The molecule has 1 saturated heterocycles. The summed E-state index contributed by atoms with van der Waals surface area (Å²) >= 11 is 6.15. The van der Waals surface area contributed by atoms with Gasteiger partial charge in [-0.05, 0) is 96.6 Å². The second-order valence-corrected chi connectivity index (χ2v) is 12.6. The van der Waals surface area contributed by atoms with Gasteiger partial charge in [0.25, 0.3) is 0 Å². The Morgan fingerprint density at radius 1 is 0.894 bits per heavy atom. The van der Waals surface area contributed by atoms with Crippen LogP contribution in [0.4, 0.5) is 10.1 Å². The highest BCUT2D eigenvalue weighted by Crippen LogP contribution is 2.40. The van der Waals surface area contributed by atoms with Gasteiger partial charge in [-0.15, -0.1) is 12.4 Å². The molecule has 7 rings (SSSR count). The highest BCUT2D eigenvalue weighted by Gasteiger charge is 2.25. The van der Waals surface area contributed by atoms with Crippen molar-refractivity contribution >= 4 is 52.5 Å². The number of aromatic carboxylic acids is 1. The van der Waals surface area contributed by atoms with Gasteiger partial charge in [-0.2, -0.15) is 0 Å². The predicted molar refractivity (Wildman–Crippen MR) is 186 cm³/mol. The quantitative estimate of drug-likeness (QED) is 0.178. The number of aromatic nitrogens is 1. The van der Waals surface area contributed by atoms with E-state index in [0.29, 0.717) is 29.3 Å². The maximum absolute atomic E-state index is 16.0. The van der Waals surface area contributed by atoms with Crippen LogP contribution in [-0.4, -0.2) is 28.1 Å². The summed E-state index contributed by atoms with van der Waals surface area (Å²) < 4.78 is 24.4. The lowest BCUT2D eigenvalue weighted by Gasteiger charge is -2.27. The molecule has 1 amide bonds. The maximum Gasteiger partial charge on any atom is 0.335 e. The van der Waals surface area contributed by atoms with E-state index in [2.05, 4.69) is 4.57 Å². The van der Waals surface area contributed by atoms with Gasteiger partial charge in [-0.1, -0.05) is 49.1 Å². The Morgan fingerprint density at radius 2 is 1.66 bits per heavy atom. The maximum atomic E-state index is 16.0. The predicted octanol–water partition coefficient (Wildman–Crippen LogP) is 10.1. The fourth-order valence-electron chi connectivity index (χ4n) is 6.96. The van der Waals surface area contributed by atoms with E-state index >= 15 is 4.39 Å². The normalized spacial score (nSPS) is 15.2. The van der Waals surface area contributed by atoms with E-state index in [0.717, 1.165) is 71.1 Å². The van der Waals surface area contributed by atoms with E-state index < -0.39 is 11.8 Å². The van der Waals surface area contributed by atoms with Gasteiger partial charge in [-0.25, -0.2) is 9.18 Å². The molecule has 1 N–H and O–H groups in total. The van der Waals surface area contributed by atoms with Crippen LogP contribution < -0.4 is 9.64 Å². The van der Waals surface area contributed by atoms with Crippen LogP contribution in [0.2, 0.25) is 5.02 Å². The van der Waals surface area contributed by atoms with E-state index in [1.54, 1.807) is 29.2 Å². The van der Waals surface area contributed by atoms with Crippen molar-refractivity contribution < 1.29 is 23.8 Å². The fourth-order valence-corrected chi connectivity index (χ4v) is 7.09. The summed E-state index contributed by atoms with van der Waals surface area (Å²) in [6.07, 6.45) is 6.77. The van der Waals surface area contributed by atoms with Crippen molar-refractivity contribution in [3.8, 4) is 28.1 Å². The van der Waals surface area contributed by atoms with Crippen molar-refractivity contribution in [3.05, 3.63) is 107 Å². The molecule has 0 radical (unpaired) electrons. The molecule has 1 aliphatic heterocycles. The lowest BCUT2D eigenvalue weighted by molar-refractivity contribution is -0.117. The van der Waals surface area contributed by atoms with Crippen LogP contribution in [0.25, 0.3) is 33.3 Å². The molecule has 47 heavy (non-hydrogen) atoms. The van der Waals surface area contributed by atoms with Crippen molar-refractivity contribution in [1.82, 2.24) is 4.57 Å². The van der Waals surface area contributed by atoms with Gasteiger partial charge in [-0.3, -0.25) is 4.79 Å². The van der Waals surface area contributed by atoms with E-state index in [-0.39, 0.29) is 36.5 Å². The van der Waals surface area contributed by atoms with Crippen LogP contribution in [0.15, 0.2) is 84.9 Å². The first-order chi connectivity index (χ1) is 22.4. The zero-order chi connectivity index (χ0) is 31.8. The van der Waals surface area contributed by atoms with Gasteiger partial charge in [0, 0.05) is 52.3 Å². The van der Waals surface area contributed by atoms with Crippen LogP contribution in [0.5, 0.6) is 5.75 Å². The standard InChI is InChI=1S/C38H34ClFN2O4.ClH/c39-28-11-8-24(9-12-28)32-15-13-30(41-18-4-7-37(41)43)20-27(32)23-46-31-14-16-33(34(40)22-31)36-21-26-19-25(38(44)45)10-17-35(26)42(36)29-5-2-1-3-6-29;/h8-17,19-22,29H,1-7,18,23H2,(H,44,45);1H. The van der Waals surface area contributed by atoms with Gasteiger partial charge in [0.1, 0.15) is 18.2 Å². The minimum Gasteiger partial charge on any atom is -0.489 e. The number of hydrogen-bond acceptors (Lipinski definition) is 3. The number of carboxylic acid groups (broad SMARTS) is 1. The molecule has 0 bridgehead atoms. The Balaban J connectivity index is 0.00000386. The Bertz CT molecular complexity index is 1950. The molecule has 0 unspecified atom stereocenters.